The molecule has 0 N–H and O–H groups in total. The first-order chi connectivity index (χ1) is 6.74. The van der Waals surface area contributed by atoms with Gasteiger partial charge in [0.05, 0.1) is 5.52 Å². The number of hydrogen-bond donors (Lipinski definition) is 0. The van der Waals surface area contributed by atoms with E-state index in [1.807, 2.05) is 38.1 Å². The number of aromatic nitrogens is 1. The summed E-state index contributed by atoms with van der Waals surface area (Å²) >= 11 is 0. The minimum absolute atomic E-state index is 0.827. The van der Waals surface area contributed by atoms with E-state index in [-0.39, 0.29) is 0 Å². The highest BCUT2D eigenvalue weighted by molar-refractivity contribution is 5.86. The maximum absolute atomic E-state index is 5.15. The molecule has 1 heterocycles. The number of pyridine rings is 1. The fraction of sp³-hybridized carbons (Fsp3) is 0.167. The monoisotopic (exact) mass is 186 g/mol. The molecule has 0 aliphatic heterocycles. The van der Waals surface area contributed by atoms with Gasteiger partial charge in [0.1, 0.15) is 12.9 Å². The number of benzene rings is 1. The smallest absolute Gasteiger partial charge is 0.133 e. The quantitative estimate of drug-likeness (QED) is 0.683. The van der Waals surface area contributed by atoms with Crippen molar-refractivity contribution in [1.82, 2.24) is 4.98 Å². The summed E-state index contributed by atoms with van der Waals surface area (Å²) in [5, 5.41) is 1.02. The van der Waals surface area contributed by atoms with E-state index < -0.39 is 0 Å². The molecular weight excluding hydrogens is 174 g/mol. The molecule has 1 radical (unpaired) electrons. The van der Waals surface area contributed by atoms with E-state index in [0.717, 1.165) is 27.9 Å². The van der Waals surface area contributed by atoms with Crippen LogP contribution in [0.25, 0.3) is 10.9 Å². The molecule has 0 bridgehead atoms. The Morgan fingerprint density at radius 1 is 1.21 bits per heavy atom. The normalized spacial score (nSPS) is 10.5. The van der Waals surface area contributed by atoms with Crippen LogP contribution in [-0.4, -0.2) is 4.98 Å². The molecule has 0 saturated carbocycles. The first-order valence-corrected chi connectivity index (χ1v) is 4.52. The van der Waals surface area contributed by atoms with Crippen molar-refractivity contribution >= 4 is 10.9 Å². The van der Waals surface area contributed by atoms with Gasteiger partial charge in [0.2, 0.25) is 0 Å². The minimum atomic E-state index is 0.827. The molecule has 0 unspecified atom stereocenters. The lowest BCUT2D eigenvalue weighted by Gasteiger charge is -2.10. The first-order valence-electron chi connectivity index (χ1n) is 4.52. The summed E-state index contributed by atoms with van der Waals surface area (Å²) in [6.45, 7) is 3.97. The number of nitrogens with zero attached hydrogens (tertiary/aromatic N) is 1. The predicted octanol–water partition coefficient (Wildman–Crippen LogP) is 3.02. The molecule has 2 heteroatoms. The lowest BCUT2D eigenvalue weighted by molar-refractivity contribution is 0.474. The highest BCUT2D eigenvalue weighted by atomic mass is 16.5. The predicted molar refractivity (Wildman–Crippen MR) is 57.2 cm³/mol. The number of ether oxygens (including phenoxy) is 1. The Bertz CT molecular complexity index is 477. The Hall–Kier alpha value is -1.57. The van der Waals surface area contributed by atoms with E-state index in [9.17, 15) is 0 Å². The van der Waals surface area contributed by atoms with Crippen molar-refractivity contribution in [3.63, 3.8) is 0 Å². The van der Waals surface area contributed by atoms with Gasteiger partial charge in [-0.2, -0.15) is 0 Å². The summed E-state index contributed by atoms with van der Waals surface area (Å²) in [5.41, 5.74) is 3.00. The number of aryl methyl sites for hydroxylation is 1. The van der Waals surface area contributed by atoms with Crippen LogP contribution in [0.3, 0.4) is 0 Å². The van der Waals surface area contributed by atoms with E-state index in [4.69, 9.17) is 4.74 Å². The molecule has 1 aromatic carbocycles. The molecule has 0 atom stereocenters. The summed E-state index contributed by atoms with van der Waals surface area (Å²) in [6.07, 6.45) is 0. The zero-order valence-electron chi connectivity index (χ0n) is 8.37. The second kappa shape index (κ2) is 3.29. The molecule has 0 amide bonds. The average molecular weight is 186 g/mol. The van der Waals surface area contributed by atoms with Crippen LogP contribution in [0.15, 0.2) is 24.3 Å². The minimum Gasteiger partial charge on any atom is -0.489 e. The molecule has 0 fully saturated rings. The first kappa shape index (κ1) is 9.00. The molecule has 0 aliphatic carbocycles. The topological polar surface area (TPSA) is 22.1 Å². The number of fused-ring (bicyclic) bond motifs is 1. The standard InChI is InChI=1S/C12H12NO/c1-8-9(2)13-11-7-5-4-6-10(11)12(8)14-3/h4-7H,3H2,1-2H3. The molecule has 0 saturated heterocycles. The SMILES string of the molecule is [CH2]Oc1c(C)c(C)nc2ccccc12. The lowest BCUT2D eigenvalue weighted by atomic mass is 10.1. The third kappa shape index (κ3) is 1.23. The third-order valence-electron chi connectivity index (χ3n) is 2.46. The van der Waals surface area contributed by atoms with E-state index in [1.165, 1.54) is 0 Å². The zero-order valence-corrected chi connectivity index (χ0v) is 8.37. The summed E-state index contributed by atoms with van der Waals surface area (Å²) < 4.78 is 5.15. The molecule has 2 nitrogen and oxygen atoms in total. The second-order valence-corrected chi connectivity index (χ2v) is 3.31. The Kier molecular flexibility index (Phi) is 2.12. The Morgan fingerprint density at radius 2 is 1.93 bits per heavy atom. The van der Waals surface area contributed by atoms with Gasteiger partial charge >= 0.3 is 0 Å². The van der Waals surface area contributed by atoms with Crippen molar-refractivity contribution in [1.29, 1.82) is 0 Å². The van der Waals surface area contributed by atoms with Gasteiger partial charge in [-0.05, 0) is 26.0 Å². The van der Waals surface area contributed by atoms with E-state index in [1.54, 1.807) is 0 Å². The fourth-order valence-corrected chi connectivity index (χ4v) is 1.58. The second-order valence-electron chi connectivity index (χ2n) is 3.31. The van der Waals surface area contributed by atoms with Crippen molar-refractivity contribution in [3.05, 3.63) is 42.6 Å². The summed E-state index contributed by atoms with van der Waals surface area (Å²) in [5.74, 6) is 0.827. The molecular formula is C12H12NO. The molecule has 14 heavy (non-hydrogen) atoms. The van der Waals surface area contributed by atoms with Gasteiger partial charge in [-0.3, -0.25) is 4.98 Å². The number of para-hydroxylation sites is 1. The van der Waals surface area contributed by atoms with Crippen LogP contribution < -0.4 is 4.74 Å². The molecule has 0 aliphatic rings. The van der Waals surface area contributed by atoms with Gasteiger partial charge in [-0.15, -0.1) is 0 Å². The highest BCUT2D eigenvalue weighted by Crippen LogP contribution is 2.29. The van der Waals surface area contributed by atoms with Gasteiger partial charge in [0.15, 0.2) is 0 Å². The van der Waals surface area contributed by atoms with Gasteiger partial charge < -0.3 is 4.74 Å². The Balaban J connectivity index is 2.89. The van der Waals surface area contributed by atoms with Crippen molar-refractivity contribution in [3.8, 4) is 5.75 Å². The van der Waals surface area contributed by atoms with Crippen molar-refractivity contribution < 1.29 is 4.74 Å². The van der Waals surface area contributed by atoms with Crippen LogP contribution in [-0.2, 0) is 0 Å². The fourth-order valence-electron chi connectivity index (χ4n) is 1.58. The Morgan fingerprint density at radius 3 is 2.64 bits per heavy atom. The number of hydrogen-bond acceptors (Lipinski definition) is 2. The lowest BCUT2D eigenvalue weighted by Crippen LogP contribution is -1.93. The van der Waals surface area contributed by atoms with E-state index in [0.29, 0.717) is 0 Å². The summed E-state index contributed by atoms with van der Waals surface area (Å²) in [4.78, 5) is 4.48. The summed E-state index contributed by atoms with van der Waals surface area (Å²) in [7, 11) is 3.48. The van der Waals surface area contributed by atoms with Gasteiger partial charge in [-0.1, -0.05) is 12.1 Å². The van der Waals surface area contributed by atoms with E-state index in [2.05, 4.69) is 12.1 Å². The van der Waals surface area contributed by atoms with Crippen LogP contribution in [0.2, 0.25) is 0 Å². The van der Waals surface area contributed by atoms with Crippen LogP contribution >= 0.6 is 0 Å². The van der Waals surface area contributed by atoms with Crippen LogP contribution in [0.1, 0.15) is 11.3 Å². The Labute approximate surface area is 83.5 Å². The maximum atomic E-state index is 5.15. The van der Waals surface area contributed by atoms with Crippen LogP contribution in [0.5, 0.6) is 5.75 Å². The average Bonchev–Trinajstić information content (AvgIpc) is 2.20. The molecule has 71 valence electrons. The maximum Gasteiger partial charge on any atom is 0.133 e. The van der Waals surface area contributed by atoms with Gasteiger partial charge in [0, 0.05) is 16.6 Å². The van der Waals surface area contributed by atoms with Crippen molar-refractivity contribution in [2.45, 2.75) is 13.8 Å². The summed E-state index contributed by atoms with van der Waals surface area (Å²) in [6, 6.07) is 7.91. The van der Waals surface area contributed by atoms with Crippen LogP contribution in [0.4, 0.5) is 0 Å². The number of rotatable bonds is 1. The molecule has 0 spiro atoms. The van der Waals surface area contributed by atoms with Gasteiger partial charge in [0.25, 0.3) is 0 Å². The largest absolute Gasteiger partial charge is 0.489 e. The third-order valence-corrected chi connectivity index (χ3v) is 2.46. The van der Waals surface area contributed by atoms with E-state index >= 15 is 0 Å². The molecule has 2 aromatic rings. The van der Waals surface area contributed by atoms with Gasteiger partial charge in [-0.25, -0.2) is 0 Å². The van der Waals surface area contributed by atoms with Crippen molar-refractivity contribution in [2.75, 3.05) is 0 Å². The zero-order chi connectivity index (χ0) is 10.1. The van der Waals surface area contributed by atoms with Crippen molar-refractivity contribution in [2.24, 2.45) is 0 Å². The van der Waals surface area contributed by atoms with Crippen LogP contribution in [0, 0.1) is 21.0 Å². The highest BCUT2D eigenvalue weighted by Gasteiger charge is 2.08. The molecule has 2 rings (SSSR count). The molecule has 1 aromatic heterocycles.